The summed E-state index contributed by atoms with van der Waals surface area (Å²) in [5.41, 5.74) is 0. The quantitative estimate of drug-likeness (QED) is 0.450. The van der Waals surface area contributed by atoms with Crippen molar-refractivity contribution in [3.63, 3.8) is 0 Å². The Morgan fingerprint density at radius 1 is 1.75 bits per heavy atom. The fourth-order valence-corrected chi connectivity index (χ4v) is 0.299. The minimum atomic E-state index is -1.11. The highest BCUT2D eigenvalue weighted by molar-refractivity contribution is 9.09. The number of halogens is 1. The second kappa shape index (κ2) is 3.84. The molecule has 0 aromatic rings. The van der Waals surface area contributed by atoms with Gasteiger partial charge < -0.3 is 10.2 Å². The monoisotopic (exact) mass is 179 g/mol. The second-order valence-corrected chi connectivity index (χ2v) is 2.45. The Hall–Kier alpha value is -0.110. The predicted molar refractivity (Wildman–Crippen MR) is 31.4 cm³/mol. The Labute approximate surface area is 55.7 Å². The van der Waals surface area contributed by atoms with Crippen LogP contribution >= 0.6 is 15.9 Å². The molecule has 0 spiro atoms. The molecule has 8 heavy (non-hydrogen) atoms. The van der Waals surface area contributed by atoms with Gasteiger partial charge in [0.05, 0.1) is 17.5 Å². The van der Waals surface area contributed by atoms with Gasteiger partial charge in [-0.15, -0.1) is 0 Å². The molecule has 3 nitrogen and oxygen atoms in total. The van der Waals surface area contributed by atoms with Gasteiger partial charge in [0.25, 0.3) is 0 Å². The largest absolute Gasteiger partial charge is 0.395 e. The van der Waals surface area contributed by atoms with E-state index in [1.165, 1.54) is 0 Å². The van der Waals surface area contributed by atoms with Gasteiger partial charge in [-0.3, -0.25) is 0 Å². The molecule has 0 amide bonds. The minimum absolute atomic E-state index is 0.227. The maximum atomic E-state index is 8.56. The Balaban J connectivity index is 3.49. The summed E-state index contributed by atoms with van der Waals surface area (Å²) in [7, 11) is 0. The lowest BCUT2D eigenvalue weighted by atomic mass is 10.3. The van der Waals surface area contributed by atoms with Crippen LogP contribution in [0.4, 0.5) is 0 Å². The van der Waals surface area contributed by atoms with Gasteiger partial charge in [-0.25, -0.2) is 0 Å². The molecule has 0 aromatic heterocycles. The highest BCUT2D eigenvalue weighted by Crippen LogP contribution is 2.02. The first-order valence-corrected chi connectivity index (χ1v) is 2.96. The van der Waals surface area contributed by atoms with Crippen LogP contribution in [0, 0.1) is 11.3 Å². The summed E-state index contributed by atoms with van der Waals surface area (Å²) in [6.45, 7) is -0.227. The predicted octanol–water partition coefficient (Wildman–Crippen LogP) is -0.373. The van der Waals surface area contributed by atoms with Gasteiger partial charge in [-0.2, -0.15) is 5.26 Å². The van der Waals surface area contributed by atoms with Crippen LogP contribution in [0.25, 0.3) is 0 Å². The van der Waals surface area contributed by atoms with Gasteiger partial charge in [0, 0.05) is 0 Å². The van der Waals surface area contributed by atoms with E-state index in [0.29, 0.717) is 0 Å². The van der Waals surface area contributed by atoms with E-state index in [-0.39, 0.29) is 6.61 Å². The molecule has 0 aliphatic heterocycles. The molecule has 2 unspecified atom stereocenters. The molecule has 0 rings (SSSR count). The van der Waals surface area contributed by atoms with Crippen LogP contribution in [-0.4, -0.2) is 27.8 Å². The summed E-state index contributed by atoms with van der Waals surface area (Å²) in [6, 6.07) is 1.56. The van der Waals surface area contributed by atoms with Crippen molar-refractivity contribution in [3.05, 3.63) is 0 Å². The van der Waals surface area contributed by atoms with Crippen molar-refractivity contribution < 1.29 is 10.2 Å². The van der Waals surface area contributed by atoms with Gasteiger partial charge in [-0.1, -0.05) is 15.9 Å². The molecule has 0 heterocycles. The van der Waals surface area contributed by atoms with Crippen molar-refractivity contribution >= 4 is 15.9 Å². The van der Waals surface area contributed by atoms with Gasteiger partial charge >= 0.3 is 0 Å². The molecule has 2 N–H and O–H groups in total. The van der Waals surface area contributed by atoms with Crippen molar-refractivity contribution in [3.8, 4) is 6.07 Å². The van der Waals surface area contributed by atoms with Crippen molar-refractivity contribution in [1.82, 2.24) is 0 Å². The van der Waals surface area contributed by atoms with Crippen LogP contribution in [-0.2, 0) is 0 Å². The van der Waals surface area contributed by atoms with Crippen molar-refractivity contribution in [2.24, 2.45) is 0 Å². The fourth-order valence-electron chi connectivity index (χ4n) is 0.181. The van der Waals surface area contributed by atoms with E-state index in [9.17, 15) is 0 Å². The summed E-state index contributed by atoms with van der Waals surface area (Å²) in [6.07, 6.45) is -1.11. The maximum absolute atomic E-state index is 8.56. The highest BCUT2D eigenvalue weighted by Gasteiger charge is 2.12. The lowest BCUT2D eigenvalue weighted by Gasteiger charge is -2.04. The number of aliphatic hydroxyl groups is 2. The van der Waals surface area contributed by atoms with Crippen LogP contribution in [0.1, 0.15) is 0 Å². The van der Waals surface area contributed by atoms with Gasteiger partial charge in [0.2, 0.25) is 0 Å². The molecular formula is C4H6BrNO2. The Morgan fingerprint density at radius 2 is 2.25 bits per heavy atom. The third-order valence-corrected chi connectivity index (χ3v) is 1.44. The number of rotatable bonds is 2. The van der Waals surface area contributed by atoms with E-state index < -0.39 is 10.9 Å². The summed E-state index contributed by atoms with van der Waals surface area (Å²) in [5.74, 6) is 0. The summed E-state index contributed by atoms with van der Waals surface area (Å²) in [5, 5.41) is 24.8. The van der Waals surface area contributed by atoms with Crippen LogP contribution in [0.15, 0.2) is 0 Å². The first kappa shape index (κ1) is 7.89. The number of alkyl halides is 1. The molecule has 0 aromatic carbocycles. The smallest absolute Gasteiger partial charge is 0.155 e. The van der Waals surface area contributed by atoms with Crippen LogP contribution in [0.3, 0.4) is 0 Å². The highest BCUT2D eigenvalue weighted by atomic mass is 79.9. The molecule has 0 fully saturated rings. The lowest BCUT2D eigenvalue weighted by molar-refractivity contribution is 0.185. The van der Waals surface area contributed by atoms with Crippen LogP contribution in [0.2, 0.25) is 0 Å². The normalized spacial score (nSPS) is 16.8. The molecule has 0 aliphatic rings. The minimum Gasteiger partial charge on any atom is -0.395 e. The van der Waals surface area contributed by atoms with Crippen molar-refractivity contribution in [2.45, 2.75) is 10.9 Å². The zero-order valence-corrected chi connectivity index (χ0v) is 5.67. The van der Waals surface area contributed by atoms with Gasteiger partial charge in [0.1, 0.15) is 0 Å². The lowest BCUT2D eigenvalue weighted by Crippen LogP contribution is -2.21. The Bertz CT molecular complexity index is 101. The second-order valence-electron chi connectivity index (χ2n) is 1.27. The van der Waals surface area contributed by atoms with E-state index in [4.69, 9.17) is 15.5 Å². The van der Waals surface area contributed by atoms with Gasteiger partial charge in [0.15, 0.2) is 6.10 Å². The first-order chi connectivity index (χ1) is 3.72. The summed E-state index contributed by atoms with van der Waals surface area (Å²) >= 11 is 2.88. The molecule has 0 bridgehead atoms. The number of nitrogens with zero attached hydrogens (tertiary/aromatic N) is 1. The third kappa shape index (κ3) is 2.26. The topological polar surface area (TPSA) is 64.2 Å². The Morgan fingerprint density at radius 3 is 2.38 bits per heavy atom. The SMILES string of the molecule is N#CC(O)C(Br)CO. The zero-order valence-electron chi connectivity index (χ0n) is 4.08. The van der Waals surface area contributed by atoms with Crippen molar-refractivity contribution in [1.29, 1.82) is 5.26 Å². The average Bonchev–Trinajstić information content (AvgIpc) is 1.84. The molecule has 0 saturated heterocycles. The maximum Gasteiger partial charge on any atom is 0.155 e. The zero-order chi connectivity index (χ0) is 6.57. The molecule has 0 saturated carbocycles. The number of nitriles is 1. The molecule has 0 radical (unpaired) electrons. The summed E-state index contributed by atoms with van der Waals surface area (Å²) in [4.78, 5) is -0.521. The fraction of sp³-hybridized carbons (Fsp3) is 0.750. The average molecular weight is 180 g/mol. The molecule has 0 aliphatic carbocycles. The van der Waals surface area contributed by atoms with E-state index in [1.807, 2.05) is 0 Å². The van der Waals surface area contributed by atoms with E-state index in [2.05, 4.69) is 15.9 Å². The first-order valence-electron chi connectivity index (χ1n) is 2.05. The summed E-state index contributed by atoms with van der Waals surface area (Å²) < 4.78 is 0. The van der Waals surface area contributed by atoms with Crippen LogP contribution in [0.5, 0.6) is 0 Å². The standard InChI is InChI=1S/C4H6BrNO2/c5-3(2-7)4(8)1-6/h3-4,7-8H,2H2. The van der Waals surface area contributed by atoms with Crippen LogP contribution < -0.4 is 0 Å². The number of hydrogen-bond acceptors (Lipinski definition) is 3. The third-order valence-electron chi connectivity index (χ3n) is 0.649. The van der Waals surface area contributed by atoms with E-state index in [1.54, 1.807) is 6.07 Å². The Kier molecular flexibility index (Phi) is 3.79. The molecular weight excluding hydrogens is 174 g/mol. The molecule has 46 valence electrons. The molecule has 2 atom stereocenters. The molecule has 4 heteroatoms. The van der Waals surface area contributed by atoms with Crippen molar-refractivity contribution in [2.75, 3.05) is 6.61 Å². The van der Waals surface area contributed by atoms with E-state index in [0.717, 1.165) is 0 Å². The van der Waals surface area contributed by atoms with E-state index >= 15 is 0 Å². The number of hydrogen-bond donors (Lipinski definition) is 2. The number of aliphatic hydroxyl groups excluding tert-OH is 2. The van der Waals surface area contributed by atoms with Gasteiger partial charge in [-0.05, 0) is 0 Å².